The molecule has 1 unspecified atom stereocenters. The summed E-state index contributed by atoms with van der Waals surface area (Å²) in [5.41, 5.74) is 1.84. The summed E-state index contributed by atoms with van der Waals surface area (Å²) in [6.07, 6.45) is 1.49. The first-order valence-corrected chi connectivity index (χ1v) is 11.3. The van der Waals surface area contributed by atoms with Gasteiger partial charge < -0.3 is 5.32 Å². The number of hydrogen-bond donors (Lipinski definition) is 1. The molecule has 0 saturated carbocycles. The normalized spacial score (nSPS) is 15.1. The standard InChI is InChI=1S/C23H19F2N5O2S/c1-13-5-2-3-8-19(13)30-21-16(11-27-30)22(32)29-14(12-33-23(29)28-21)9-20(31)26-10-15-17(24)6-4-7-18(15)25/h2-8,11,14H,9-10,12H2,1H3,(H,26,31). The molecule has 10 heteroatoms. The molecule has 1 atom stereocenters. The predicted octanol–water partition coefficient (Wildman–Crippen LogP) is 3.52. The molecular weight excluding hydrogens is 448 g/mol. The van der Waals surface area contributed by atoms with Crippen LogP contribution in [0.15, 0.2) is 58.6 Å². The van der Waals surface area contributed by atoms with E-state index in [1.54, 1.807) is 4.68 Å². The van der Waals surface area contributed by atoms with Gasteiger partial charge in [0, 0.05) is 24.3 Å². The van der Waals surface area contributed by atoms with Crippen molar-refractivity contribution in [2.45, 2.75) is 31.1 Å². The number of fused-ring (bicyclic) bond motifs is 2. The number of aryl methyl sites for hydroxylation is 1. The highest BCUT2D eigenvalue weighted by molar-refractivity contribution is 7.99. The van der Waals surface area contributed by atoms with Crippen LogP contribution >= 0.6 is 11.8 Å². The summed E-state index contributed by atoms with van der Waals surface area (Å²) in [7, 11) is 0. The molecule has 1 N–H and O–H groups in total. The molecule has 5 rings (SSSR count). The van der Waals surface area contributed by atoms with Crippen LogP contribution in [0.4, 0.5) is 8.78 Å². The lowest BCUT2D eigenvalue weighted by molar-refractivity contribution is -0.121. The van der Waals surface area contributed by atoms with Gasteiger partial charge in [-0.1, -0.05) is 36.0 Å². The Morgan fingerprint density at radius 1 is 1.18 bits per heavy atom. The van der Waals surface area contributed by atoms with Crippen LogP contribution in [0, 0.1) is 18.6 Å². The third kappa shape index (κ3) is 3.80. The first-order valence-electron chi connectivity index (χ1n) is 10.3. The van der Waals surface area contributed by atoms with Crippen molar-refractivity contribution < 1.29 is 13.6 Å². The lowest BCUT2D eigenvalue weighted by Gasteiger charge is -2.14. The van der Waals surface area contributed by atoms with Crippen molar-refractivity contribution >= 4 is 28.7 Å². The fraction of sp³-hybridized carbons (Fsp3) is 0.217. The average Bonchev–Trinajstić information content (AvgIpc) is 3.39. The molecule has 7 nitrogen and oxygen atoms in total. The van der Waals surface area contributed by atoms with Gasteiger partial charge in [-0.25, -0.2) is 18.4 Å². The predicted molar refractivity (Wildman–Crippen MR) is 120 cm³/mol. The third-order valence-electron chi connectivity index (χ3n) is 5.66. The lowest BCUT2D eigenvalue weighted by Crippen LogP contribution is -2.31. The number of aromatic nitrogens is 4. The Balaban J connectivity index is 1.39. The molecule has 33 heavy (non-hydrogen) atoms. The molecule has 2 aromatic carbocycles. The Hall–Kier alpha value is -3.53. The topological polar surface area (TPSA) is 81.8 Å². The number of benzene rings is 2. The van der Waals surface area contributed by atoms with Gasteiger partial charge in [-0.05, 0) is 30.7 Å². The number of carbonyl (C=O) groups excluding carboxylic acids is 1. The number of rotatable bonds is 5. The molecule has 4 aromatic rings. The van der Waals surface area contributed by atoms with Gasteiger partial charge in [0.15, 0.2) is 10.8 Å². The summed E-state index contributed by atoms with van der Waals surface area (Å²) in [5, 5.41) is 7.80. The summed E-state index contributed by atoms with van der Waals surface area (Å²) < 4.78 is 30.8. The highest BCUT2D eigenvalue weighted by Gasteiger charge is 2.29. The van der Waals surface area contributed by atoms with E-state index in [1.165, 1.54) is 28.6 Å². The Bertz CT molecular complexity index is 1430. The van der Waals surface area contributed by atoms with E-state index in [0.29, 0.717) is 21.9 Å². The lowest BCUT2D eigenvalue weighted by atomic mass is 10.1. The smallest absolute Gasteiger partial charge is 0.265 e. The van der Waals surface area contributed by atoms with Crippen molar-refractivity contribution in [2.24, 2.45) is 0 Å². The largest absolute Gasteiger partial charge is 0.352 e. The summed E-state index contributed by atoms with van der Waals surface area (Å²) in [6.45, 7) is 1.69. The van der Waals surface area contributed by atoms with Crippen molar-refractivity contribution in [1.82, 2.24) is 24.6 Å². The molecule has 0 fully saturated rings. The van der Waals surface area contributed by atoms with Crippen LogP contribution in [-0.2, 0) is 11.3 Å². The van der Waals surface area contributed by atoms with Gasteiger partial charge in [0.2, 0.25) is 5.91 Å². The zero-order chi connectivity index (χ0) is 23.1. The summed E-state index contributed by atoms with van der Waals surface area (Å²) in [5.74, 6) is -1.34. The first kappa shape index (κ1) is 21.3. The van der Waals surface area contributed by atoms with Crippen LogP contribution in [0.5, 0.6) is 0 Å². The SMILES string of the molecule is Cc1ccccc1-n1ncc2c(=O)n3c(nc21)SCC3CC(=O)NCc1c(F)cccc1F. The number of nitrogens with zero attached hydrogens (tertiary/aromatic N) is 4. The monoisotopic (exact) mass is 467 g/mol. The zero-order valence-corrected chi connectivity index (χ0v) is 18.4. The molecule has 2 aromatic heterocycles. The van der Waals surface area contributed by atoms with E-state index >= 15 is 0 Å². The van der Waals surface area contributed by atoms with Gasteiger partial charge in [0.1, 0.15) is 17.0 Å². The Kier molecular flexibility index (Phi) is 5.45. The van der Waals surface area contributed by atoms with E-state index in [4.69, 9.17) is 0 Å². The Labute approximate surface area is 191 Å². The quantitative estimate of drug-likeness (QED) is 0.454. The number of hydrogen-bond acceptors (Lipinski definition) is 5. The molecule has 0 bridgehead atoms. The van der Waals surface area contributed by atoms with E-state index in [9.17, 15) is 18.4 Å². The van der Waals surface area contributed by atoms with Crippen LogP contribution in [0.3, 0.4) is 0 Å². The van der Waals surface area contributed by atoms with Crippen LogP contribution in [0.25, 0.3) is 16.7 Å². The second kappa shape index (κ2) is 8.43. The maximum absolute atomic E-state index is 13.8. The number of halogens is 2. The van der Waals surface area contributed by atoms with E-state index in [2.05, 4.69) is 15.4 Å². The van der Waals surface area contributed by atoms with Gasteiger partial charge >= 0.3 is 0 Å². The second-order valence-electron chi connectivity index (χ2n) is 7.80. The van der Waals surface area contributed by atoms with E-state index < -0.39 is 23.6 Å². The van der Waals surface area contributed by atoms with Crippen molar-refractivity contribution in [1.29, 1.82) is 0 Å². The van der Waals surface area contributed by atoms with Gasteiger partial charge in [0.25, 0.3) is 5.56 Å². The number of carbonyl (C=O) groups is 1. The first-order chi connectivity index (χ1) is 15.9. The van der Waals surface area contributed by atoms with Crippen LogP contribution < -0.4 is 10.9 Å². The highest BCUT2D eigenvalue weighted by atomic mass is 32.2. The van der Waals surface area contributed by atoms with Crippen molar-refractivity contribution in [3.63, 3.8) is 0 Å². The number of para-hydroxylation sites is 1. The highest BCUT2D eigenvalue weighted by Crippen LogP contribution is 2.33. The van der Waals surface area contributed by atoms with E-state index in [-0.39, 0.29) is 24.1 Å². The zero-order valence-electron chi connectivity index (χ0n) is 17.6. The van der Waals surface area contributed by atoms with Crippen molar-refractivity contribution in [2.75, 3.05) is 5.75 Å². The maximum Gasteiger partial charge on any atom is 0.265 e. The molecule has 168 valence electrons. The molecule has 3 heterocycles. The molecule has 0 radical (unpaired) electrons. The van der Waals surface area contributed by atoms with Crippen LogP contribution in [0.1, 0.15) is 23.6 Å². The average molecular weight is 468 g/mol. The maximum atomic E-state index is 13.8. The molecule has 0 aliphatic carbocycles. The van der Waals surface area contributed by atoms with Gasteiger partial charge in [0.05, 0.1) is 17.9 Å². The van der Waals surface area contributed by atoms with Crippen LogP contribution in [0.2, 0.25) is 0 Å². The molecule has 0 saturated heterocycles. The van der Waals surface area contributed by atoms with Crippen molar-refractivity contribution in [3.8, 4) is 5.69 Å². The number of thioether (sulfide) groups is 1. The minimum atomic E-state index is -0.717. The van der Waals surface area contributed by atoms with Crippen LogP contribution in [-0.4, -0.2) is 31.0 Å². The Morgan fingerprint density at radius 3 is 2.70 bits per heavy atom. The minimum absolute atomic E-state index is 0.00487. The van der Waals surface area contributed by atoms with E-state index in [0.717, 1.165) is 23.4 Å². The van der Waals surface area contributed by atoms with Gasteiger partial charge in [-0.2, -0.15) is 5.10 Å². The molecule has 1 amide bonds. The molecular formula is C23H19F2N5O2S. The second-order valence-corrected chi connectivity index (χ2v) is 8.78. The molecule has 0 spiro atoms. The molecule has 1 aliphatic heterocycles. The van der Waals surface area contributed by atoms with Gasteiger partial charge in [-0.3, -0.25) is 14.2 Å². The Morgan fingerprint density at radius 2 is 1.94 bits per heavy atom. The summed E-state index contributed by atoms with van der Waals surface area (Å²) >= 11 is 1.39. The fourth-order valence-electron chi connectivity index (χ4n) is 3.93. The molecule has 1 aliphatic rings. The number of amides is 1. The number of nitrogens with one attached hydrogen (secondary N) is 1. The van der Waals surface area contributed by atoms with Gasteiger partial charge in [-0.15, -0.1) is 0 Å². The van der Waals surface area contributed by atoms with E-state index in [1.807, 2.05) is 31.2 Å². The van der Waals surface area contributed by atoms with Crippen molar-refractivity contribution in [3.05, 3.63) is 81.8 Å². The summed E-state index contributed by atoms with van der Waals surface area (Å²) in [4.78, 5) is 30.4. The summed E-state index contributed by atoms with van der Waals surface area (Å²) in [6, 6.07) is 10.8. The third-order valence-corrected chi connectivity index (χ3v) is 6.76. The fourth-order valence-corrected chi connectivity index (χ4v) is 5.06. The minimum Gasteiger partial charge on any atom is -0.352 e.